The van der Waals surface area contributed by atoms with E-state index in [-0.39, 0.29) is 25.7 Å². The quantitative estimate of drug-likeness (QED) is 0.667. The van der Waals surface area contributed by atoms with Gasteiger partial charge in [-0.3, -0.25) is 4.79 Å². The Kier molecular flexibility index (Phi) is 6.91. The zero-order valence-electron chi connectivity index (χ0n) is 12.7. The molecule has 118 valence electrons. The highest BCUT2D eigenvalue weighted by Gasteiger charge is 2.33. The van der Waals surface area contributed by atoms with Gasteiger partial charge in [-0.15, -0.1) is 0 Å². The van der Waals surface area contributed by atoms with Gasteiger partial charge in [-0.2, -0.15) is 17.0 Å². The fourth-order valence-electron chi connectivity index (χ4n) is 2.52. The molecule has 1 saturated carbocycles. The largest absolute Gasteiger partial charge is 0.465 e. The van der Waals surface area contributed by atoms with E-state index in [2.05, 4.69) is 0 Å². The van der Waals surface area contributed by atoms with E-state index in [4.69, 9.17) is 4.74 Å². The summed E-state index contributed by atoms with van der Waals surface area (Å²) >= 11 is 0. The van der Waals surface area contributed by atoms with E-state index in [9.17, 15) is 13.2 Å². The van der Waals surface area contributed by atoms with Crippen molar-refractivity contribution < 1.29 is 17.9 Å². The summed E-state index contributed by atoms with van der Waals surface area (Å²) in [5.74, 6) is -0.505. The van der Waals surface area contributed by atoms with Gasteiger partial charge in [0.05, 0.1) is 6.61 Å². The predicted octanol–water partition coefficient (Wildman–Crippen LogP) is 1.38. The Morgan fingerprint density at radius 2 is 1.80 bits per heavy atom. The van der Waals surface area contributed by atoms with Gasteiger partial charge in [0.2, 0.25) is 0 Å². The van der Waals surface area contributed by atoms with Crippen molar-refractivity contribution in [2.45, 2.75) is 52.0 Å². The molecule has 0 saturated heterocycles. The van der Waals surface area contributed by atoms with Crippen LogP contribution in [0.1, 0.15) is 46.0 Å². The fourth-order valence-corrected chi connectivity index (χ4v) is 4.07. The summed E-state index contributed by atoms with van der Waals surface area (Å²) in [4.78, 5) is 11.5. The molecule has 20 heavy (non-hydrogen) atoms. The lowest BCUT2D eigenvalue weighted by Gasteiger charge is -2.33. The molecular formula is C13H26N2O4S. The molecule has 1 rings (SSSR count). The molecule has 1 aliphatic rings. The maximum atomic E-state index is 12.5. The minimum absolute atomic E-state index is 0.0463. The van der Waals surface area contributed by atoms with Crippen LogP contribution in [0.15, 0.2) is 0 Å². The molecule has 0 aliphatic heterocycles. The van der Waals surface area contributed by atoms with Gasteiger partial charge in [0.1, 0.15) is 6.54 Å². The Labute approximate surface area is 122 Å². The van der Waals surface area contributed by atoms with Crippen LogP contribution in [-0.2, 0) is 19.7 Å². The second kappa shape index (κ2) is 7.95. The summed E-state index contributed by atoms with van der Waals surface area (Å²) in [6.45, 7) is 3.74. The van der Waals surface area contributed by atoms with Gasteiger partial charge in [0, 0.05) is 19.6 Å². The minimum atomic E-state index is -3.60. The molecule has 1 aliphatic carbocycles. The molecule has 1 fully saturated rings. The zero-order chi connectivity index (χ0) is 15.2. The van der Waals surface area contributed by atoms with Crippen LogP contribution in [0.2, 0.25) is 0 Å². The average molecular weight is 306 g/mol. The lowest BCUT2D eigenvalue weighted by molar-refractivity contribution is -0.143. The summed E-state index contributed by atoms with van der Waals surface area (Å²) in [5.41, 5.74) is 0. The third-order valence-electron chi connectivity index (χ3n) is 3.74. The van der Waals surface area contributed by atoms with Crippen LogP contribution in [0, 0.1) is 0 Å². The average Bonchev–Trinajstić information content (AvgIpc) is 2.45. The molecule has 0 atom stereocenters. The van der Waals surface area contributed by atoms with Crippen molar-refractivity contribution in [1.29, 1.82) is 0 Å². The van der Waals surface area contributed by atoms with E-state index in [0.717, 1.165) is 25.7 Å². The number of nitrogens with zero attached hydrogens (tertiary/aromatic N) is 2. The highest BCUT2D eigenvalue weighted by molar-refractivity contribution is 7.86. The van der Waals surface area contributed by atoms with Crippen molar-refractivity contribution in [2.24, 2.45) is 0 Å². The third kappa shape index (κ3) is 4.43. The van der Waals surface area contributed by atoms with E-state index in [1.807, 2.05) is 0 Å². The Morgan fingerprint density at radius 3 is 2.30 bits per heavy atom. The summed E-state index contributed by atoms with van der Waals surface area (Å²) in [6.07, 6.45) is 5.09. The van der Waals surface area contributed by atoms with Crippen LogP contribution in [0.25, 0.3) is 0 Å². The number of esters is 1. The summed E-state index contributed by atoms with van der Waals surface area (Å²) in [7, 11) is -1.99. The van der Waals surface area contributed by atoms with E-state index in [1.54, 1.807) is 20.9 Å². The first kappa shape index (κ1) is 17.4. The lowest BCUT2D eigenvalue weighted by Crippen LogP contribution is -2.48. The zero-order valence-corrected chi connectivity index (χ0v) is 13.5. The van der Waals surface area contributed by atoms with E-state index >= 15 is 0 Å². The predicted molar refractivity (Wildman–Crippen MR) is 77.4 cm³/mol. The second-order valence-corrected chi connectivity index (χ2v) is 7.04. The maximum Gasteiger partial charge on any atom is 0.321 e. The maximum absolute atomic E-state index is 12.5. The first-order chi connectivity index (χ1) is 9.43. The van der Waals surface area contributed by atoms with Gasteiger partial charge in [-0.1, -0.05) is 26.2 Å². The summed E-state index contributed by atoms with van der Waals surface area (Å²) in [6, 6.07) is 0.0463. The Hall–Kier alpha value is -0.660. The SMILES string of the molecule is CCOC(=O)CN(CC)S(=O)(=O)N(C)C1CCCCC1. The van der Waals surface area contributed by atoms with Crippen molar-refractivity contribution in [3.63, 3.8) is 0 Å². The van der Waals surface area contributed by atoms with Gasteiger partial charge in [-0.05, 0) is 19.8 Å². The van der Waals surface area contributed by atoms with Gasteiger partial charge >= 0.3 is 5.97 Å². The number of ether oxygens (including phenoxy) is 1. The van der Waals surface area contributed by atoms with Crippen molar-refractivity contribution >= 4 is 16.2 Å². The highest BCUT2D eigenvalue weighted by atomic mass is 32.2. The van der Waals surface area contributed by atoms with Crippen molar-refractivity contribution in [2.75, 3.05) is 26.7 Å². The monoisotopic (exact) mass is 306 g/mol. The number of hydrogen-bond donors (Lipinski definition) is 0. The fraction of sp³-hybridized carbons (Fsp3) is 0.923. The molecule has 7 heteroatoms. The topological polar surface area (TPSA) is 66.9 Å². The summed E-state index contributed by atoms with van der Waals surface area (Å²) < 4.78 is 32.5. The van der Waals surface area contributed by atoms with Gasteiger partial charge in [0.25, 0.3) is 10.2 Å². The van der Waals surface area contributed by atoms with Gasteiger partial charge < -0.3 is 4.74 Å². The normalized spacial score (nSPS) is 17.6. The minimum Gasteiger partial charge on any atom is -0.465 e. The number of likely N-dealkylation sites (N-methyl/N-ethyl adjacent to an activating group) is 1. The molecule has 0 aromatic rings. The second-order valence-electron chi connectivity index (χ2n) is 5.05. The third-order valence-corrected chi connectivity index (χ3v) is 5.81. The van der Waals surface area contributed by atoms with Crippen molar-refractivity contribution in [3.05, 3.63) is 0 Å². The lowest BCUT2D eigenvalue weighted by atomic mass is 9.96. The Bertz CT molecular complexity index is 405. The Morgan fingerprint density at radius 1 is 1.20 bits per heavy atom. The van der Waals surface area contributed by atoms with E-state index in [0.29, 0.717) is 0 Å². The highest BCUT2D eigenvalue weighted by Crippen LogP contribution is 2.24. The first-order valence-corrected chi connectivity index (χ1v) is 8.71. The van der Waals surface area contributed by atoms with Crippen molar-refractivity contribution in [3.8, 4) is 0 Å². The van der Waals surface area contributed by atoms with Crippen molar-refractivity contribution in [1.82, 2.24) is 8.61 Å². The smallest absolute Gasteiger partial charge is 0.321 e. The first-order valence-electron chi connectivity index (χ1n) is 7.32. The van der Waals surface area contributed by atoms with Crippen LogP contribution in [-0.4, -0.2) is 55.8 Å². The molecular weight excluding hydrogens is 280 g/mol. The van der Waals surface area contributed by atoms with Crippen LogP contribution in [0.5, 0.6) is 0 Å². The number of carbonyl (C=O) groups excluding carboxylic acids is 1. The van der Waals surface area contributed by atoms with Crippen LogP contribution in [0.3, 0.4) is 0 Å². The molecule has 6 nitrogen and oxygen atoms in total. The van der Waals surface area contributed by atoms with Crippen LogP contribution >= 0.6 is 0 Å². The molecule has 0 bridgehead atoms. The standard InChI is InChI=1S/C13H26N2O4S/c1-4-15(11-13(16)19-5-2)20(17,18)14(3)12-9-7-6-8-10-12/h12H,4-11H2,1-3H3. The molecule has 0 heterocycles. The van der Waals surface area contributed by atoms with E-state index in [1.165, 1.54) is 15.0 Å². The molecule has 0 aromatic carbocycles. The molecule has 0 radical (unpaired) electrons. The van der Waals surface area contributed by atoms with Crippen LogP contribution in [0.4, 0.5) is 0 Å². The van der Waals surface area contributed by atoms with Gasteiger partial charge in [-0.25, -0.2) is 0 Å². The molecule has 0 aromatic heterocycles. The van der Waals surface area contributed by atoms with Gasteiger partial charge in [0.15, 0.2) is 0 Å². The molecule has 0 unspecified atom stereocenters. The summed E-state index contributed by atoms with van der Waals surface area (Å²) in [5, 5.41) is 0. The van der Waals surface area contributed by atoms with Crippen LogP contribution < -0.4 is 0 Å². The molecule has 0 spiro atoms. The van der Waals surface area contributed by atoms with E-state index < -0.39 is 16.2 Å². The number of rotatable bonds is 7. The molecule has 0 N–H and O–H groups in total. The number of carbonyl (C=O) groups is 1. The Balaban J connectivity index is 2.74. The number of hydrogen-bond acceptors (Lipinski definition) is 4. The molecule has 0 amide bonds.